The Labute approximate surface area is 119 Å². The van der Waals surface area contributed by atoms with E-state index in [2.05, 4.69) is 0 Å². The number of hydrogen-bond donors (Lipinski definition) is 5. The maximum absolute atomic E-state index is 10.7. The van der Waals surface area contributed by atoms with Gasteiger partial charge in [0.05, 0.1) is 12.2 Å². The molecule has 1 fully saturated rings. The van der Waals surface area contributed by atoms with Crippen molar-refractivity contribution >= 4 is 5.97 Å². The molecule has 8 nitrogen and oxygen atoms in total. The molecule has 0 aliphatic carbocycles. The molecule has 5 N–H and O–H groups in total. The number of rotatable bonds is 4. The predicted molar refractivity (Wildman–Crippen MR) is 67.8 cm³/mol. The summed E-state index contributed by atoms with van der Waals surface area (Å²) in [6.07, 6.45) is -6.86. The van der Waals surface area contributed by atoms with Crippen LogP contribution >= 0.6 is 0 Å². The van der Waals surface area contributed by atoms with Crippen LogP contribution in [0.1, 0.15) is 10.4 Å². The molecule has 0 spiro atoms. The number of benzene rings is 1. The SMILES string of the molecule is O=C(O)c1ccc(O[C@H]2O[C@@H](CO)[C@@H](O)[C@@H](O)[C@H]2O)cc1. The summed E-state index contributed by atoms with van der Waals surface area (Å²) < 4.78 is 10.5. The smallest absolute Gasteiger partial charge is 0.335 e. The third-order valence-electron chi connectivity index (χ3n) is 3.20. The van der Waals surface area contributed by atoms with E-state index in [4.69, 9.17) is 19.7 Å². The van der Waals surface area contributed by atoms with Crippen LogP contribution in [0.25, 0.3) is 0 Å². The van der Waals surface area contributed by atoms with Gasteiger partial charge in [0.1, 0.15) is 30.2 Å². The maximum Gasteiger partial charge on any atom is 0.335 e. The Hall–Kier alpha value is -1.71. The van der Waals surface area contributed by atoms with Crippen molar-refractivity contribution in [3.8, 4) is 5.75 Å². The average molecular weight is 300 g/mol. The summed E-state index contributed by atoms with van der Waals surface area (Å²) >= 11 is 0. The number of hydrogen-bond acceptors (Lipinski definition) is 7. The lowest BCUT2D eigenvalue weighted by Gasteiger charge is -2.39. The van der Waals surface area contributed by atoms with Crippen molar-refractivity contribution in [1.82, 2.24) is 0 Å². The minimum Gasteiger partial charge on any atom is -0.478 e. The zero-order chi connectivity index (χ0) is 15.6. The van der Waals surface area contributed by atoms with Crippen LogP contribution in [-0.4, -0.2) is 68.8 Å². The summed E-state index contributed by atoms with van der Waals surface area (Å²) in [5, 5.41) is 46.9. The Morgan fingerprint density at radius 2 is 1.71 bits per heavy atom. The van der Waals surface area contributed by atoms with Gasteiger partial charge in [-0.2, -0.15) is 0 Å². The minimum absolute atomic E-state index is 0.0659. The van der Waals surface area contributed by atoms with E-state index in [9.17, 15) is 20.1 Å². The summed E-state index contributed by atoms with van der Waals surface area (Å²) in [6, 6.07) is 5.35. The van der Waals surface area contributed by atoms with Crippen LogP contribution in [0, 0.1) is 0 Å². The second-order valence-electron chi connectivity index (χ2n) is 4.64. The van der Waals surface area contributed by atoms with E-state index in [0.29, 0.717) is 0 Å². The average Bonchev–Trinajstić information content (AvgIpc) is 2.48. The number of carboxylic acid groups (broad SMARTS) is 1. The molecule has 21 heavy (non-hydrogen) atoms. The first-order chi connectivity index (χ1) is 9.93. The minimum atomic E-state index is -1.53. The van der Waals surface area contributed by atoms with Crippen molar-refractivity contribution in [3.05, 3.63) is 29.8 Å². The summed E-state index contributed by atoms with van der Waals surface area (Å²) in [6.45, 7) is -0.553. The molecule has 1 aliphatic rings. The highest BCUT2D eigenvalue weighted by Gasteiger charge is 2.44. The third kappa shape index (κ3) is 3.31. The van der Waals surface area contributed by atoms with Crippen molar-refractivity contribution in [3.63, 3.8) is 0 Å². The zero-order valence-electron chi connectivity index (χ0n) is 10.9. The van der Waals surface area contributed by atoms with Gasteiger partial charge in [-0.3, -0.25) is 0 Å². The second-order valence-corrected chi connectivity index (χ2v) is 4.64. The lowest BCUT2D eigenvalue weighted by molar-refractivity contribution is -0.277. The molecule has 0 saturated carbocycles. The Balaban J connectivity index is 2.08. The number of aromatic carboxylic acids is 1. The van der Waals surface area contributed by atoms with Crippen LogP contribution in [0.5, 0.6) is 5.75 Å². The molecule has 1 heterocycles. The van der Waals surface area contributed by atoms with Crippen LogP contribution in [0.2, 0.25) is 0 Å². The van der Waals surface area contributed by atoms with Gasteiger partial charge >= 0.3 is 5.97 Å². The number of aliphatic hydroxyl groups is 4. The number of carboxylic acids is 1. The van der Waals surface area contributed by atoms with Gasteiger partial charge in [0.2, 0.25) is 6.29 Å². The summed E-state index contributed by atoms with van der Waals surface area (Å²) in [5.74, 6) is -0.876. The van der Waals surface area contributed by atoms with Gasteiger partial charge in [-0.05, 0) is 24.3 Å². The predicted octanol–water partition coefficient (Wildman–Crippen LogP) is -1.44. The second kappa shape index (κ2) is 6.37. The summed E-state index contributed by atoms with van der Waals surface area (Å²) in [7, 11) is 0. The number of aliphatic hydroxyl groups excluding tert-OH is 4. The molecule has 0 aromatic heterocycles. The van der Waals surface area contributed by atoms with Crippen LogP contribution < -0.4 is 4.74 Å². The number of carbonyl (C=O) groups is 1. The molecule has 0 amide bonds. The van der Waals surface area contributed by atoms with Crippen LogP contribution in [-0.2, 0) is 4.74 Å². The van der Waals surface area contributed by atoms with Crippen molar-refractivity contribution < 1.29 is 39.8 Å². The maximum atomic E-state index is 10.7. The fourth-order valence-electron chi connectivity index (χ4n) is 1.97. The molecule has 1 aliphatic heterocycles. The molecular formula is C13H16O8. The van der Waals surface area contributed by atoms with Crippen molar-refractivity contribution in [2.45, 2.75) is 30.7 Å². The molecule has 1 saturated heterocycles. The molecule has 5 atom stereocenters. The largest absolute Gasteiger partial charge is 0.478 e. The Kier molecular flexibility index (Phi) is 4.76. The first kappa shape index (κ1) is 15.7. The topological polar surface area (TPSA) is 137 Å². The Bertz CT molecular complexity index is 485. The molecule has 0 bridgehead atoms. The van der Waals surface area contributed by atoms with Crippen LogP contribution in [0.4, 0.5) is 0 Å². The highest BCUT2D eigenvalue weighted by molar-refractivity contribution is 5.87. The van der Waals surface area contributed by atoms with E-state index in [1.54, 1.807) is 0 Å². The molecule has 2 rings (SSSR count). The molecular weight excluding hydrogens is 284 g/mol. The Morgan fingerprint density at radius 3 is 2.24 bits per heavy atom. The van der Waals surface area contributed by atoms with Crippen LogP contribution in [0.15, 0.2) is 24.3 Å². The third-order valence-corrected chi connectivity index (χ3v) is 3.20. The van der Waals surface area contributed by atoms with Gasteiger partial charge < -0.3 is 35.0 Å². The first-order valence-electron chi connectivity index (χ1n) is 6.24. The van der Waals surface area contributed by atoms with E-state index in [-0.39, 0.29) is 11.3 Å². The lowest BCUT2D eigenvalue weighted by Crippen LogP contribution is -2.60. The van der Waals surface area contributed by atoms with Gasteiger partial charge in [-0.1, -0.05) is 0 Å². The van der Waals surface area contributed by atoms with Gasteiger partial charge in [0.25, 0.3) is 0 Å². The lowest BCUT2D eigenvalue weighted by atomic mass is 9.99. The highest BCUT2D eigenvalue weighted by atomic mass is 16.7. The summed E-state index contributed by atoms with van der Waals surface area (Å²) in [4.78, 5) is 10.7. The van der Waals surface area contributed by atoms with Crippen molar-refractivity contribution in [1.29, 1.82) is 0 Å². The van der Waals surface area contributed by atoms with Gasteiger partial charge in [-0.25, -0.2) is 4.79 Å². The molecule has 0 unspecified atom stereocenters. The standard InChI is InChI=1S/C13H16O8/c14-5-8-9(15)10(16)11(17)13(21-8)20-7-3-1-6(2-4-7)12(18)19/h1-4,8-11,13-17H,5H2,(H,18,19)/t8-,9+,10+,11+,13-/m0/s1. The highest BCUT2D eigenvalue weighted by Crippen LogP contribution is 2.24. The van der Waals surface area contributed by atoms with Crippen LogP contribution in [0.3, 0.4) is 0 Å². The fourth-order valence-corrected chi connectivity index (χ4v) is 1.97. The van der Waals surface area contributed by atoms with E-state index in [1.165, 1.54) is 24.3 Å². The molecule has 0 radical (unpaired) electrons. The van der Waals surface area contributed by atoms with Crippen molar-refractivity contribution in [2.24, 2.45) is 0 Å². The molecule has 1 aromatic rings. The quantitative estimate of drug-likeness (QED) is 0.456. The zero-order valence-corrected chi connectivity index (χ0v) is 10.9. The molecule has 1 aromatic carbocycles. The molecule has 8 heteroatoms. The normalized spacial score (nSPS) is 32.7. The van der Waals surface area contributed by atoms with E-state index >= 15 is 0 Å². The van der Waals surface area contributed by atoms with Gasteiger partial charge in [-0.15, -0.1) is 0 Å². The summed E-state index contributed by atoms with van der Waals surface area (Å²) in [5.41, 5.74) is 0.0659. The van der Waals surface area contributed by atoms with Crippen molar-refractivity contribution in [2.75, 3.05) is 6.61 Å². The van der Waals surface area contributed by atoms with E-state index < -0.39 is 43.3 Å². The van der Waals surface area contributed by atoms with E-state index in [0.717, 1.165) is 0 Å². The molecule has 116 valence electrons. The van der Waals surface area contributed by atoms with Gasteiger partial charge in [0, 0.05) is 0 Å². The first-order valence-corrected chi connectivity index (χ1v) is 6.24. The van der Waals surface area contributed by atoms with E-state index in [1.807, 2.05) is 0 Å². The number of ether oxygens (including phenoxy) is 2. The monoisotopic (exact) mass is 300 g/mol. The fraction of sp³-hybridized carbons (Fsp3) is 0.462. The Morgan fingerprint density at radius 1 is 1.10 bits per heavy atom. The van der Waals surface area contributed by atoms with Gasteiger partial charge in [0.15, 0.2) is 0 Å².